The molecule has 8 heteroatoms. The monoisotopic (exact) mass is 442 g/mol. The summed E-state index contributed by atoms with van der Waals surface area (Å²) in [6, 6.07) is 14.3. The van der Waals surface area contributed by atoms with Crippen LogP contribution in [0.15, 0.2) is 53.6 Å². The maximum Gasteiger partial charge on any atom is 0.329 e. The summed E-state index contributed by atoms with van der Waals surface area (Å²) in [4.78, 5) is 24.0. The van der Waals surface area contributed by atoms with Crippen molar-refractivity contribution in [2.45, 2.75) is 20.8 Å². The summed E-state index contributed by atoms with van der Waals surface area (Å²) in [5.74, 6) is -1.72. The molecule has 1 heterocycles. The van der Waals surface area contributed by atoms with Crippen LogP contribution < -0.4 is 10.7 Å². The van der Waals surface area contributed by atoms with Gasteiger partial charge < -0.3 is 9.88 Å². The van der Waals surface area contributed by atoms with Gasteiger partial charge in [0.1, 0.15) is 0 Å². The van der Waals surface area contributed by atoms with Gasteiger partial charge >= 0.3 is 11.8 Å². The Hall–Kier alpha value is -3.09. The van der Waals surface area contributed by atoms with Gasteiger partial charge in [-0.15, -0.1) is 0 Å². The van der Waals surface area contributed by atoms with Crippen molar-refractivity contribution in [3.8, 4) is 5.69 Å². The number of anilines is 1. The molecular formula is C22H20Cl2N4O2. The van der Waals surface area contributed by atoms with Crippen molar-refractivity contribution in [3.63, 3.8) is 0 Å². The lowest BCUT2D eigenvalue weighted by Crippen LogP contribution is -2.32. The minimum atomic E-state index is -0.884. The van der Waals surface area contributed by atoms with E-state index in [1.165, 1.54) is 6.21 Å². The van der Waals surface area contributed by atoms with Crippen LogP contribution >= 0.6 is 23.2 Å². The van der Waals surface area contributed by atoms with Crippen LogP contribution in [0.2, 0.25) is 10.0 Å². The number of nitrogens with one attached hydrogen (secondary N) is 2. The Morgan fingerprint density at radius 3 is 2.47 bits per heavy atom. The third kappa shape index (κ3) is 4.90. The molecule has 30 heavy (non-hydrogen) atoms. The second-order valence-electron chi connectivity index (χ2n) is 6.76. The van der Waals surface area contributed by atoms with Gasteiger partial charge in [0.25, 0.3) is 0 Å². The molecule has 3 rings (SSSR count). The number of amides is 2. The van der Waals surface area contributed by atoms with Gasteiger partial charge in [-0.1, -0.05) is 35.3 Å². The van der Waals surface area contributed by atoms with Crippen LogP contribution in [0.4, 0.5) is 5.69 Å². The molecule has 0 aliphatic heterocycles. The highest BCUT2D eigenvalue weighted by molar-refractivity contribution is 6.39. The number of benzene rings is 2. The maximum absolute atomic E-state index is 12.0. The molecule has 2 N–H and O–H groups in total. The molecule has 0 spiro atoms. The molecule has 0 saturated carbocycles. The molecule has 154 valence electrons. The Morgan fingerprint density at radius 2 is 1.77 bits per heavy atom. The SMILES string of the molecule is Cc1ccc(-n2c(C)cc(/C=N\NC(=O)C(=O)Nc3cccc(Cl)c3)c2C)cc1Cl. The van der Waals surface area contributed by atoms with Gasteiger partial charge in [-0.2, -0.15) is 5.10 Å². The second-order valence-corrected chi connectivity index (χ2v) is 7.60. The van der Waals surface area contributed by atoms with Crippen molar-refractivity contribution in [2.75, 3.05) is 5.32 Å². The molecule has 6 nitrogen and oxygen atoms in total. The van der Waals surface area contributed by atoms with Gasteiger partial charge in [-0.3, -0.25) is 9.59 Å². The first kappa shape index (κ1) is 21.6. The van der Waals surface area contributed by atoms with E-state index < -0.39 is 11.8 Å². The van der Waals surface area contributed by atoms with E-state index in [1.807, 2.05) is 49.6 Å². The van der Waals surface area contributed by atoms with Crippen molar-refractivity contribution >= 4 is 46.9 Å². The molecule has 0 bridgehead atoms. The zero-order chi connectivity index (χ0) is 21.8. The highest BCUT2D eigenvalue weighted by Gasteiger charge is 2.14. The van der Waals surface area contributed by atoms with E-state index >= 15 is 0 Å². The normalized spacial score (nSPS) is 11.0. The predicted octanol–water partition coefficient (Wildman–Crippen LogP) is 4.80. The average molecular weight is 443 g/mol. The van der Waals surface area contributed by atoms with Gasteiger partial charge in [-0.25, -0.2) is 5.43 Å². The predicted molar refractivity (Wildman–Crippen MR) is 121 cm³/mol. The third-order valence-corrected chi connectivity index (χ3v) is 5.18. The summed E-state index contributed by atoms with van der Waals surface area (Å²) in [5, 5.41) is 7.52. The molecule has 1 aromatic heterocycles. The first-order valence-electron chi connectivity index (χ1n) is 9.11. The molecule has 2 aromatic carbocycles. The Labute approximate surface area is 184 Å². The van der Waals surface area contributed by atoms with Gasteiger partial charge in [0, 0.05) is 38.4 Å². The largest absolute Gasteiger partial charge is 0.329 e. The number of aromatic nitrogens is 1. The molecule has 2 amide bonds. The number of hydrazone groups is 1. The minimum absolute atomic E-state index is 0.423. The Kier molecular flexibility index (Phi) is 6.59. The third-order valence-electron chi connectivity index (χ3n) is 4.54. The number of rotatable bonds is 4. The van der Waals surface area contributed by atoms with Crippen LogP contribution in [-0.4, -0.2) is 22.6 Å². The number of aryl methyl sites for hydroxylation is 2. The van der Waals surface area contributed by atoms with Gasteiger partial charge in [0.2, 0.25) is 0 Å². The fraction of sp³-hybridized carbons (Fsp3) is 0.136. The lowest BCUT2D eigenvalue weighted by molar-refractivity contribution is -0.136. The van der Waals surface area contributed by atoms with Crippen molar-refractivity contribution in [2.24, 2.45) is 5.10 Å². The maximum atomic E-state index is 12.0. The molecule has 0 radical (unpaired) electrons. The Balaban J connectivity index is 1.69. The zero-order valence-electron chi connectivity index (χ0n) is 16.7. The average Bonchev–Trinajstić information content (AvgIpc) is 2.97. The quantitative estimate of drug-likeness (QED) is 0.345. The summed E-state index contributed by atoms with van der Waals surface area (Å²) in [5.41, 5.74) is 7.31. The van der Waals surface area contributed by atoms with E-state index in [-0.39, 0.29) is 0 Å². The Bertz CT molecular complexity index is 1150. The van der Waals surface area contributed by atoms with E-state index in [9.17, 15) is 9.59 Å². The second kappa shape index (κ2) is 9.15. The van der Waals surface area contributed by atoms with Crippen LogP contribution in [0, 0.1) is 20.8 Å². The van der Waals surface area contributed by atoms with E-state index in [1.54, 1.807) is 24.3 Å². The molecule has 0 saturated heterocycles. The molecular weight excluding hydrogens is 423 g/mol. The Morgan fingerprint density at radius 1 is 1.00 bits per heavy atom. The van der Waals surface area contributed by atoms with Crippen LogP contribution in [-0.2, 0) is 9.59 Å². The van der Waals surface area contributed by atoms with Crippen molar-refractivity contribution in [1.29, 1.82) is 0 Å². The van der Waals surface area contributed by atoms with E-state index in [0.717, 1.165) is 28.2 Å². The summed E-state index contributed by atoms with van der Waals surface area (Å²) < 4.78 is 2.04. The highest BCUT2D eigenvalue weighted by Crippen LogP contribution is 2.24. The lowest BCUT2D eigenvalue weighted by atomic mass is 10.2. The van der Waals surface area contributed by atoms with E-state index in [2.05, 4.69) is 15.8 Å². The molecule has 0 atom stereocenters. The number of carbonyl (C=O) groups is 2. The molecule has 3 aromatic rings. The standard InChI is InChI=1S/C22H20Cl2N4O2/c1-13-7-8-19(11-20(13)24)28-14(2)9-16(15(28)3)12-25-27-22(30)21(29)26-18-6-4-5-17(23)10-18/h4-12H,1-3H3,(H,26,29)(H,27,30)/b25-12-. The first-order valence-corrected chi connectivity index (χ1v) is 9.87. The smallest absolute Gasteiger partial charge is 0.318 e. The van der Waals surface area contributed by atoms with Gasteiger partial charge in [-0.05, 0) is 62.7 Å². The molecule has 0 unspecified atom stereocenters. The number of hydrogen-bond acceptors (Lipinski definition) is 3. The minimum Gasteiger partial charge on any atom is -0.318 e. The van der Waals surface area contributed by atoms with Gasteiger partial charge in [0.15, 0.2) is 0 Å². The van der Waals surface area contributed by atoms with Crippen molar-refractivity contribution in [3.05, 3.63) is 81.1 Å². The lowest BCUT2D eigenvalue weighted by Gasteiger charge is -2.11. The van der Waals surface area contributed by atoms with Crippen molar-refractivity contribution < 1.29 is 9.59 Å². The number of carbonyl (C=O) groups excluding carboxylic acids is 2. The summed E-state index contributed by atoms with van der Waals surface area (Å²) in [6.07, 6.45) is 1.50. The van der Waals surface area contributed by atoms with Crippen molar-refractivity contribution in [1.82, 2.24) is 9.99 Å². The summed E-state index contributed by atoms with van der Waals surface area (Å²) >= 11 is 12.1. The van der Waals surface area contributed by atoms with Crippen LogP contribution in [0.3, 0.4) is 0 Å². The molecule has 0 fully saturated rings. The summed E-state index contributed by atoms with van der Waals surface area (Å²) in [7, 11) is 0. The van der Waals surface area contributed by atoms with E-state index in [0.29, 0.717) is 15.7 Å². The molecule has 0 aliphatic carbocycles. The number of halogens is 2. The molecule has 0 aliphatic rings. The zero-order valence-corrected chi connectivity index (χ0v) is 18.2. The first-order chi connectivity index (χ1) is 14.3. The fourth-order valence-electron chi connectivity index (χ4n) is 3.00. The van der Waals surface area contributed by atoms with Crippen LogP contribution in [0.1, 0.15) is 22.5 Å². The highest BCUT2D eigenvalue weighted by atomic mass is 35.5. The van der Waals surface area contributed by atoms with Crippen LogP contribution in [0.5, 0.6) is 0 Å². The fourth-order valence-corrected chi connectivity index (χ4v) is 3.37. The number of hydrogen-bond donors (Lipinski definition) is 2. The summed E-state index contributed by atoms with van der Waals surface area (Å²) in [6.45, 7) is 5.86. The van der Waals surface area contributed by atoms with Gasteiger partial charge in [0.05, 0.1) is 6.21 Å². The topological polar surface area (TPSA) is 75.5 Å². The van der Waals surface area contributed by atoms with Crippen LogP contribution in [0.25, 0.3) is 5.69 Å². The number of nitrogens with zero attached hydrogens (tertiary/aromatic N) is 2. The van der Waals surface area contributed by atoms with E-state index in [4.69, 9.17) is 23.2 Å².